The maximum atomic E-state index is 13.5. The number of ether oxygens (including phenoxy) is 2. The summed E-state index contributed by atoms with van der Waals surface area (Å²) in [5.74, 6) is 1.68. The largest absolute Gasteiger partial charge is 0.439 e. The normalized spacial score (nSPS) is 21.2. The Labute approximate surface area is 423 Å². The Morgan fingerprint density at radius 1 is 0.611 bits per heavy atom. The Morgan fingerprint density at radius 3 is 1.49 bits per heavy atom. The molecule has 19 heteroatoms. The first kappa shape index (κ1) is 52.7. The van der Waals surface area contributed by atoms with Crippen molar-refractivity contribution >= 4 is 28.1 Å². The monoisotopic (exact) mass is 1070 g/mol. The van der Waals surface area contributed by atoms with Gasteiger partial charge in [0.25, 0.3) is 0 Å². The fourth-order valence-electron chi connectivity index (χ4n) is 10.7. The molecule has 0 radical (unpaired) electrons. The minimum atomic E-state index is -4.49. The molecule has 4 fully saturated rings. The molecule has 4 atom stereocenters. The summed E-state index contributed by atoms with van der Waals surface area (Å²) in [6.07, 6.45) is 5.16. The van der Waals surface area contributed by atoms with E-state index in [1.54, 1.807) is 52.2 Å². The third kappa shape index (κ3) is 12.2. The highest BCUT2D eigenvalue weighted by molar-refractivity contribution is 9.10. The van der Waals surface area contributed by atoms with Crippen molar-refractivity contribution in [1.29, 1.82) is 0 Å². The molecular formula is C53H60BrF6N7O5. The molecule has 2 saturated heterocycles. The highest BCUT2D eigenvalue weighted by Crippen LogP contribution is 2.41. The molecule has 0 unspecified atom stereocenters. The van der Waals surface area contributed by atoms with Crippen LogP contribution in [0.25, 0.3) is 11.3 Å². The number of carbonyl (C=O) groups excluding carboxylic acids is 2. The number of rotatable bonds is 11. The number of aryl methyl sites for hydroxylation is 4. The minimum Gasteiger partial charge on any atom is -0.439 e. The van der Waals surface area contributed by atoms with Gasteiger partial charge in [-0.05, 0) is 118 Å². The Hall–Kier alpha value is -5.59. The van der Waals surface area contributed by atoms with Crippen molar-refractivity contribution in [3.8, 4) is 11.3 Å². The summed E-state index contributed by atoms with van der Waals surface area (Å²) < 4.78 is 97.5. The van der Waals surface area contributed by atoms with Gasteiger partial charge in [-0.2, -0.15) is 26.3 Å². The van der Waals surface area contributed by atoms with Crippen LogP contribution in [0.5, 0.6) is 0 Å². The van der Waals surface area contributed by atoms with Crippen LogP contribution >= 0.6 is 15.9 Å². The second-order valence-electron chi connectivity index (χ2n) is 20.0. The molecule has 2 saturated carbocycles. The molecule has 5 aromatic rings. The van der Waals surface area contributed by atoms with Crippen molar-refractivity contribution < 1.29 is 49.9 Å². The van der Waals surface area contributed by atoms with Gasteiger partial charge in [-0.25, -0.2) is 19.6 Å². The number of halogens is 7. The number of alkyl halides is 6. The Balaban J connectivity index is 0.000000195. The molecule has 72 heavy (non-hydrogen) atoms. The first-order chi connectivity index (χ1) is 34.1. The zero-order valence-electron chi connectivity index (χ0n) is 41.3. The molecule has 0 bridgehead atoms. The van der Waals surface area contributed by atoms with Gasteiger partial charge >= 0.3 is 24.5 Å². The van der Waals surface area contributed by atoms with Gasteiger partial charge < -0.3 is 14.0 Å². The molecule has 3 aromatic heterocycles. The first-order valence-electron chi connectivity index (χ1n) is 24.7. The highest BCUT2D eigenvalue weighted by atomic mass is 79.9. The van der Waals surface area contributed by atoms with Crippen LogP contribution in [0.2, 0.25) is 0 Å². The maximum absolute atomic E-state index is 13.5. The van der Waals surface area contributed by atoms with Crippen LogP contribution in [-0.4, -0.2) is 59.2 Å². The minimum absolute atomic E-state index is 0.140. The molecule has 2 aliphatic carbocycles. The smallest absolute Gasteiger partial charge is 0.416 e. The summed E-state index contributed by atoms with van der Waals surface area (Å²) in [6.45, 7) is 10.8. The summed E-state index contributed by atoms with van der Waals surface area (Å²) >= 11 is 3.37. The van der Waals surface area contributed by atoms with Gasteiger partial charge in [0.2, 0.25) is 0 Å². The molecule has 5 heterocycles. The number of aromatic nitrogens is 5. The summed E-state index contributed by atoms with van der Waals surface area (Å²) in [7, 11) is 0. The van der Waals surface area contributed by atoms with E-state index in [0.717, 1.165) is 79.7 Å². The average molecular weight is 1070 g/mol. The van der Waals surface area contributed by atoms with Gasteiger partial charge in [-0.1, -0.05) is 92.6 Å². The van der Waals surface area contributed by atoms with Crippen molar-refractivity contribution in [1.82, 2.24) is 34.9 Å². The van der Waals surface area contributed by atoms with Crippen LogP contribution < -0.4 is 0 Å². The van der Waals surface area contributed by atoms with E-state index in [-0.39, 0.29) is 13.1 Å². The number of hydrogen-bond acceptors (Lipinski definition) is 10. The number of carbonyl (C=O) groups is 2. The van der Waals surface area contributed by atoms with Crippen LogP contribution in [-0.2, 0) is 47.8 Å². The third-order valence-electron chi connectivity index (χ3n) is 14.5. The van der Waals surface area contributed by atoms with Crippen LogP contribution in [0.1, 0.15) is 158 Å². The molecule has 386 valence electrons. The standard InChI is InChI=1S/C29H33F3N4O3.C24H27BrF3N3O2/c1-16-10-21(13-22(11-16)29(30,31)32)27-18(3)36(28(37)38-27)15-25-23(12-20-8-6-5-7-9-20)33-14-24(34-25)26-17(2)35-39-19(26)4;1-14-8-17(11-18(9-14)24(26,27)28)22-15(2)31(23(32)33-22)13-20-19(29-12-21(25)30-20)10-16-6-4-3-5-7-16/h10-11,13-14,18,20,27H,5-9,12,15H2,1-4H3;8-9,11-12,15-16,22H,3-7,10,13H2,1-2H3/t18-,27-;15-,22-/m00/s1. The van der Waals surface area contributed by atoms with Crippen molar-refractivity contribution in [2.24, 2.45) is 11.8 Å². The van der Waals surface area contributed by atoms with Gasteiger partial charge in [0.1, 0.15) is 22.6 Å². The zero-order valence-corrected chi connectivity index (χ0v) is 42.9. The van der Waals surface area contributed by atoms with Gasteiger partial charge in [-0.3, -0.25) is 19.8 Å². The lowest BCUT2D eigenvalue weighted by Crippen LogP contribution is -2.32. The van der Waals surface area contributed by atoms with E-state index in [9.17, 15) is 35.9 Å². The Morgan fingerprint density at radius 2 is 1.06 bits per heavy atom. The number of hydrogen-bond donors (Lipinski definition) is 0. The number of amides is 2. The van der Waals surface area contributed by atoms with E-state index in [4.69, 9.17) is 24.0 Å². The van der Waals surface area contributed by atoms with Crippen LogP contribution in [0.3, 0.4) is 0 Å². The molecular weight excluding hydrogens is 1010 g/mol. The predicted octanol–water partition coefficient (Wildman–Crippen LogP) is 14.1. The lowest BCUT2D eigenvalue weighted by molar-refractivity contribution is -0.138. The van der Waals surface area contributed by atoms with Gasteiger partial charge in [-0.15, -0.1) is 0 Å². The molecule has 12 nitrogen and oxygen atoms in total. The number of benzene rings is 2. The molecule has 4 aliphatic rings. The van der Waals surface area contributed by atoms with Crippen LogP contribution in [0.4, 0.5) is 35.9 Å². The number of nitrogens with zero attached hydrogens (tertiary/aromatic N) is 7. The SMILES string of the molecule is Cc1cc([C@H]2OC(=O)N(Cc3nc(-c4c(C)noc4C)cnc3CC3CCCCC3)[C@H]2C)cc(C(F)(F)F)c1.Cc1cc([C@H]2OC(=O)N(Cc3nc(Br)cnc3CC3CCCCC3)[C@H]2C)cc(C(F)(F)F)c1. The van der Waals surface area contributed by atoms with E-state index in [1.165, 1.54) is 48.3 Å². The number of cyclic esters (lactones) is 2. The summed E-state index contributed by atoms with van der Waals surface area (Å²) in [5, 5.41) is 4.03. The van der Waals surface area contributed by atoms with Crippen molar-refractivity contribution in [2.75, 3.05) is 0 Å². The van der Waals surface area contributed by atoms with Crippen LogP contribution in [0, 0.1) is 39.5 Å². The van der Waals surface area contributed by atoms with E-state index in [2.05, 4.69) is 31.1 Å². The first-order valence-corrected chi connectivity index (χ1v) is 25.5. The van der Waals surface area contributed by atoms with Gasteiger partial charge in [0.15, 0.2) is 0 Å². The summed E-state index contributed by atoms with van der Waals surface area (Å²) in [4.78, 5) is 47.8. The van der Waals surface area contributed by atoms with Gasteiger partial charge in [0, 0.05) is 0 Å². The fourth-order valence-corrected chi connectivity index (χ4v) is 11.0. The molecule has 2 aromatic carbocycles. The highest BCUT2D eigenvalue weighted by Gasteiger charge is 2.43. The third-order valence-corrected chi connectivity index (χ3v) is 14.9. The second kappa shape index (κ2) is 21.9. The quantitative estimate of drug-likeness (QED) is 0.118. The lowest BCUT2D eigenvalue weighted by Gasteiger charge is -2.24. The topological polar surface area (TPSA) is 137 Å². The van der Waals surface area contributed by atoms with Crippen molar-refractivity contribution in [3.05, 3.63) is 121 Å². The van der Waals surface area contributed by atoms with E-state index in [1.807, 2.05) is 13.8 Å². The molecule has 0 spiro atoms. The molecule has 2 amide bonds. The second-order valence-corrected chi connectivity index (χ2v) is 20.8. The van der Waals surface area contributed by atoms with E-state index < -0.39 is 60.0 Å². The summed E-state index contributed by atoms with van der Waals surface area (Å²) in [6, 6.07) is 6.64. The van der Waals surface area contributed by atoms with E-state index >= 15 is 0 Å². The van der Waals surface area contributed by atoms with Gasteiger partial charge in [0.05, 0.1) is 88.4 Å². The maximum Gasteiger partial charge on any atom is 0.416 e. The fraction of sp³-hybridized carbons (Fsp3) is 0.528. The lowest BCUT2D eigenvalue weighted by atomic mass is 9.85. The van der Waals surface area contributed by atoms with Crippen molar-refractivity contribution in [2.45, 2.75) is 168 Å². The predicted molar refractivity (Wildman–Crippen MR) is 258 cm³/mol. The zero-order chi connectivity index (χ0) is 51.6. The molecule has 0 N–H and O–H groups in total. The Kier molecular flexibility index (Phi) is 16.0. The van der Waals surface area contributed by atoms with E-state index in [0.29, 0.717) is 67.2 Å². The average Bonchev–Trinajstić information content (AvgIpc) is 3.93. The Bertz CT molecular complexity index is 2740. The van der Waals surface area contributed by atoms with Crippen LogP contribution in [0.15, 0.2) is 57.9 Å². The summed E-state index contributed by atoms with van der Waals surface area (Å²) in [5.41, 5.74) is 5.20. The van der Waals surface area contributed by atoms with Crippen molar-refractivity contribution in [3.63, 3.8) is 0 Å². The molecule has 2 aliphatic heterocycles. The molecule has 9 rings (SSSR count).